The van der Waals surface area contributed by atoms with E-state index >= 15 is 0 Å². The highest BCUT2D eigenvalue weighted by Crippen LogP contribution is 2.26. The highest BCUT2D eigenvalue weighted by atomic mass is 35.5. The van der Waals surface area contributed by atoms with Gasteiger partial charge >= 0.3 is 0 Å². The van der Waals surface area contributed by atoms with Crippen molar-refractivity contribution in [2.45, 2.75) is 6.42 Å². The number of fused-ring (bicyclic) bond motifs is 1. The minimum absolute atomic E-state index is 0.116. The zero-order valence-corrected chi connectivity index (χ0v) is 16.7. The highest BCUT2D eigenvalue weighted by molar-refractivity contribution is 6.33. The number of nitrogens with zero attached hydrogens (tertiary/aromatic N) is 3. The summed E-state index contributed by atoms with van der Waals surface area (Å²) in [6, 6.07) is 14.7. The number of ether oxygens (including phenoxy) is 1. The number of H-pyrrole nitrogens is 1. The molecular formula is C21H19ClN4O3. The lowest BCUT2D eigenvalue weighted by molar-refractivity contribution is 0.0791. The van der Waals surface area contributed by atoms with Crippen LogP contribution in [0.1, 0.15) is 16.3 Å². The molecule has 0 radical (unpaired) electrons. The van der Waals surface area contributed by atoms with Crippen LogP contribution in [0.2, 0.25) is 5.02 Å². The first kappa shape index (κ1) is 19.0. The van der Waals surface area contributed by atoms with Gasteiger partial charge in [0.15, 0.2) is 5.82 Å². The van der Waals surface area contributed by atoms with E-state index in [0.717, 1.165) is 16.7 Å². The summed E-state index contributed by atoms with van der Waals surface area (Å²) in [6.07, 6.45) is 0.463. The predicted molar refractivity (Wildman–Crippen MR) is 110 cm³/mol. The summed E-state index contributed by atoms with van der Waals surface area (Å²) in [7, 11) is 3.35. The number of rotatable bonds is 6. The third-order valence-corrected chi connectivity index (χ3v) is 4.98. The fourth-order valence-electron chi connectivity index (χ4n) is 3.02. The molecule has 8 heteroatoms. The van der Waals surface area contributed by atoms with Crippen molar-refractivity contribution >= 4 is 28.4 Å². The van der Waals surface area contributed by atoms with Crippen molar-refractivity contribution in [1.29, 1.82) is 0 Å². The van der Waals surface area contributed by atoms with Gasteiger partial charge in [-0.25, -0.2) is 0 Å². The van der Waals surface area contributed by atoms with Crippen molar-refractivity contribution in [3.8, 4) is 17.2 Å². The number of amides is 1. The largest absolute Gasteiger partial charge is 0.497 e. The second-order valence-corrected chi connectivity index (χ2v) is 7.02. The fourth-order valence-corrected chi connectivity index (χ4v) is 3.24. The third-order valence-electron chi connectivity index (χ3n) is 4.65. The lowest BCUT2D eigenvalue weighted by atomic mass is 10.2. The minimum atomic E-state index is -0.116. The van der Waals surface area contributed by atoms with Gasteiger partial charge in [0.05, 0.1) is 17.7 Å². The number of aromatic amines is 1. The average molecular weight is 411 g/mol. The van der Waals surface area contributed by atoms with E-state index in [9.17, 15) is 4.79 Å². The highest BCUT2D eigenvalue weighted by Gasteiger charge is 2.17. The quantitative estimate of drug-likeness (QED) is 0.515. The van der Waals surface area contributed by atoms with Crippen LogP contribution in [0, 0.1) is 0 Å². The molecule has 148 valence electrons. The van der Waals surface area contributed by atoms with Gasteiger partial charge in [0, 0.05) is 37.0 Å². The summed E-state index contributed by atoms with van der Waals surface area (Å²) in [5.41, 5.74) is 2.05. The lowest BCUT2D eigenvalue weighted by Crippen LogP contribution is -2.29. The number of aromatic nitrogens is 3. The number of benzene rings is 2. The van der Waals surface area contributed by atoms with Gasteiger partial charge in [-0.3, -0.25) is 4.79 Å². The van der Waals surface area contributed by atoms with Gasteiger partial charge in [-0.15, -0.1) is 0 Å². The normalized spacial score (nSPS) is 11.0. The first-order valence-corrected chi connectivity index (χ1v) is 9.42. The number of methoxy groups -OCH3 is 1. The Labute approximate surface area is 172 Å². The first-order chi connectivity index (χ1) is 14.0. The van der Waals surface area contributed by atoms with Gasteiger partial charge in [-0.05, 0) is 30.3 Å². The Balaban J connectivity index is 1.43. The van der Waals surface area contributed by atoms with Gasteiger partial charge < -0.3 is 19.1 Å². The summed E-state index contributed by atoms with van der Waals surface area (Å²) in [6.45, 7) is 0.443. The molecule has 29 heavy (non-hydrogen) atoms. The first-order valence-electron chi connectivity index (χ1n) is 9.05. The van der Waals surface area contributed by atoms with Gasteiger partial charge in [0.2, 0.25) is 0 Å². The monoisotopic (exact) mass is 410 g/mol. The molecule has 1 amide bonds. The van der Waals surface area contributed by atoms with Gasteiger partial charge in [0.25, 0.3) is 11.8 Å². The van der Waals surface area contributed by atoms with E-state index in [-0.39, 0.29) is 5.91 Å². The van der Waals surface area contributed by atoms with Crippen molar-refractivity contribution < 1.29 is 14.1 Å². The summed E-state index contributed by atoms with van der Waals surface area (Å²) >= 11 is 6.17. The molecule has 0 unspecified atom stereocenters. The van der Waals surface area contributed by atoms with Crippen LogP contribution in [0.25, 0.3) is 22.4 Å². The Hall–Kier alpha value is -3.32. The number of hydrogen-bond donors (Lipinski definition) is 1. The van der Waals surface area contributed by atoms with Crippen LogP contribution in [0.15, 0.2) is 53.1 Å². The number of carbonyl (C=O) groups is 1. The molecule has 0 aliphatic heterocycles. The minimum Gasteiger partial charge on any atom is -0.497 e. The van der Waals surface area contributed by atoms with Gasteiger partial charge in [-0.2, -0.15) is 4.98 Å². The number of likely N-dealkylation sites (N-methyl/N-ethyl adjacent to an activating group) is 1. The van der Waals surface area contributed by atoms with Gasteiger partial charge in [0.1, 0.15) is 11.4 Å². The van der Waals surface area contributed by atoms with Crippen LogP contribution < -0.4 is 4.74 Å². The van der Waals surface area contributed by atoms with Crippen LogP contribution in [-0.4, -0.2) is 46.6 Å². The summed E-state index contributed by atoms with van der Waals surface area (Å²) in [4.78, 5) is 21.9. The molecule has 0 bridgehead atoms. The lowest BCUT2D eigenvalue weighted by Gasteiger charge is -2.14. The Morgan fingerprint density at radius 3 is 2.86 bits per heavy atom. The molecule has 0 spiro atoms. The topological polar surface area (TPSA) is 84.2 Å². The molecule has 2 aromatic heterocycles. The van der Waals surface area contributed by atoms with E-state index in [1.165, 1.54) is 0 Å². The molecule has 2 aromatic carbocycles. The van der Waals surface area contributed by atoms with Crippen LogP contribution in [0.5, 0.6) is 5.75 Å². The maximum absolute atomic E-state index is 12.7. The molecule has 0 saturated carbocycles. The Morgan fingerprint density at radius 1 is 1.24 bits per heavy atom. The van der Waals surface area contributed by atoms with Crippen LogP contribution >= 0.6 is 11.6 Å². The van der Waals surface area contributed by atoms with E-state index < -0.39 is 0 Å². The van der Waals surface area contributed by atoms with Crippen molar-refractivity contribution in [3.05, 3.63) is 65.1 Å². The van der Waals surface area contributed by atoms with Crippen LogP contribution in [-0.2, 0) is 6.42 Å². The Morgan fingerprint density at radius 2 is 2.07 bits per heavy atom. The third kappa shape index (κ3) is 3.95. The second-order valence-electron chi connectivity index (χ2n) is 6.61. The maximum atomic E-state index is 12.7. The van der Waals surface area contributed by atoms with E-state index in [1.54, 1.807) is 25.1 Å². The Bertz CT molecular complexity index is 1170. The van der Waals surface area contributed by atoms with E-state index in [4.69, 9.17) is 20.9 Å². The molecule has 7 nitrogen and oxygen atoms in total. The number of nitrogens with one attached hydrogen (secondary N) is 1. The van der Waals surface area contributed by atoms with Crippen molar-refractivity contribution in [1.82, 2.24) is 20.0 Å². The standard InChI is InChI=1S/C21H19ClN4O3/c1-26(21(27)18-11-13-7-8-14(28-2)12-17(13)23-18)10-9-19-24-20(29-25-19)15-5-3-4-6-16(15)22/h3-8,11-12,23H,9-10H2,1-2H3. The number of carbonyl (C=O) groups excluding carboxylic acids is 1. The van der Waals surface area contributed by atoms with Gasteiger partial charge in [-0.1, -0.05) is 28.9 Å². The summed E-state index contributed by atoms with van der Waals surface area (Å²) < 4.78 is 10.5. The molecule has 0 saturated heterocycles. The molecule has 4 aromatic rings. The van der Waals surface area contributed by atoms with Crippen molar-refractivity contribution in [2.24, 2.45) is 0 Å². The zero-order valence-electron chi connectivity index (χ0n) is 16.0. The van der Waals surface area contributed by atoms with Crippen LogP contribution in [0.3, 0.4) is 0 Å². The maximum Gasteiger partial charge on any atom is 0.270 e. The molecule has 0 atom stereocenters. The molecule has 0 aliphatic carbocycles. The number of hydrogen-bond acceptors (Lipinski definition) is 5. The molecule has 4 rings (SSSR count). The van der Waals surface area contributed by atoms with E-state index in [0.29, 0.717) is 41.0 Å². The average Bonchev–Trinajstić information content (AvgIpc) is 3.38. The summed E-state index contributed by atoms with van der Waals surface area (Å²) in [5.74, 6) is 1.50. The number of halogens is 1. The molecule has 0 aliphatic rings. The smallest absolute Gasteiger partial charge is 0.270 e. The van der Waals surface area contributed by atoms with Crippen molar-refractivity contribution in [2.75, 3.05) is 20.7 Å². The van der Waals surface area contributed by atoms with E-state index in [1.807, 2.05) is 42.5 Å². The molecule has 0 fully saturated rings. The van der Waals surface area contributed by atoms with Crippen LogP contribution in [0.4, 0.5) is 0 Å². The molecular weight excluding hydrogens is 392 g/mol. The van der Waals surface area contributed by atoms with Crippen molar-refractivity contribution in [3.63, 3.8) is 0 Å². The van der Waals surface area contributed by atoms with E-state index in [2.05, 4.69) is 15.1 Å². The fraction of sp³-hybridized carbons (Fsp3) is 0.190. The predicted octanol–water partition coefficient (Wildman–Crippen LogP) is 4.19. The SMILES string of the molecule is COc1ccc2cc(C(=O)N(C)CCc3noc(-c4ccccc4Cl)n3)[nH]c2c1. The zero-order chi connectivity index (χ0) is 20.4. The Kier molecular flexibility index (Phi) is 5.22. The second kappa shape index (κ2) is 7.97. The summed E-state index contributed by atoms with van der Waals surface area (Å²) in [5, 5.41) is 5.48. The molecule has 2 heterocycles. The molecule has 1 N–H and O–H groups in total.